The molecule has 2 rings (SSSR count). The highest BCUT2D eigenvalue weighted by atomic mass is 32.2. The van der Waals surface area contributed by atoms with E-state index in [1.807, 2.05) is 6.92 Å². The molecule has 0 aromatic rings. The summed E-state index contributed by atoms with van der Waals surface area (Å²) in [5.74, 6) is 0. The minimum Gasteiger partial charge on any atom is -0.379 e. The molecule has 0 aromatic heterocycles. The van der Waals surface area contributed by atoms with E-state index in [2.05, 4.69) is 14.9 Å². The van der Waals surface area contributed by atoms with Crippen LogP contribution in [0.4, 0.5) is 4.79 Å². The number of amides is 2. The highest BCUT2D eigenvalue weighted by Gasteiger charge is 2.26. The molecule has 2 saturated heterocycles. The monoisotopic (exact) mass is 348 g/mol. The molecule has 2 amide bonds. The summed E-state index contributed by atoms with van der Waals surface area (Å²) >= 11 is 0. The number of morpholine rings is 1. The van der Waals surface area contributed by atoms with Gasteiger partial charge in [-0.1, -0.05) is 0 Å². The molecule has 0 aromatic carbocycles. The van der Waals surface area contributed by atoms with Crippen molar-refractivity contribution in [2.45, 2.75) is 31.8 Å². The van der Waals surface area contributed by atoms with Crippen LogP contribution >= 0.6 is 0 Å². The first kappa shape index (κ1) is 18.4. The quantitative estimate of drug-likeness (QED) is 0.694. The summed E-state index contributed by atoms with van der Waals surface area (Å²) in [5.41, 5.74) is 0. The van der Waals surface area contributed by atoms with Crippen molar-refractivity contribution in [3.8, 4) is 0 Å². The minimum absolute atomic E-state index is 0.0452. The standard InChI is InChI=1S/C14H28N4O4S/c1-12(10-17-6-8-22-9-7-17)15-14(19)18-5-3-4-13(11-18)16-23(2,20)21/h12-13,16H,3-11H2,1-2H3,(H,15,19)/t12-,13-/m0/s1. The Labute approximate surface area is 138 Å². The van der Waals surface area contributed by atoms with Gasteiger partial charge in [-0.25, -0.2) is 17.9 Å². The summed E-state index contributed by atoms with van der Waals surface area (Å²) in [5, 5.41) is 3.01. The normalized spacial score (nSPS) is 25.1. The van der Waals surface area contributed by atoms with Gasteiger partial charge in [0.2, 0.25) is 10.0 Å². The molecule has 2 heterocycles. The largest absolute Gasteiger partial charge is 0.379 e. The van der Waals surface area contributed by atoms with E-state index in [1.165, 1.54) is 0 Å². The molecule has 9 heteroatoms. The van der Waals surface area contributed by atoms with E-state index >= 15 is 0 Å². The lowest BCUT2D eigenvalue weighted by Gasteiger charge is -2.34. The molecule has 2 atom stereocenters. The average Bonchev–Trinajstić information content (AvgIpc) is 2.46. The Bertz CT molecular complexity index is 493. The molecule has 2 N–H and O–H groups in total. The first-order chi connectivity index (χ1) is 10.8. The van der Waals surface area contributed by atoms with Crippen molar-refractivity contribution >= 4 is 16.1 Å². The van der Waals surface area contributed by atoms with Crippen molar-refractivity contribution in [2.24, 2.45) is 0 Å². The molecule has 0 bridgehead atoms. The van der Waals surface area contributed by atoms with Crippen molar-refractivity contribution in [3.63, 3.8) is 0 Å². The topological polar surface area (TPSA) is 91.0 Å². The third-order valence-corrected chi connectivity index (χ3v) is 4.86. The number of carbonyl (C=O) groups is 1. The maximum Gasteiger partial charge on any atom is 0.317 e. The lowest BCUT2D eigenvalue weighted by atomic mass is 10.1. The summed E-state index contributed by atoms with van der Waals surface area (Å²) in [6.07, 6.45) is 2.72. The van der Waals surface area contributed by atoms with E-state index in [1.54, 1.807) is 4.90 Å². The van der Waals surface area contributed by atoms with Crippen LogP contribution in [0, 0.1) is 0 Å². The predicted molar refractivity (Wildman–Crippen MR) is 87.8 cm³/mol. The number of urea groups is 1. The van der Waals surface area contributed by atoms with Crippen LogP contribution in [-0.4, -0.2) is 88.5 Å². The molecule has 134 valence electrons. The highest BCUT2D eigenvalue weighted by Crippen LogP contribution is 2.11. The van der Waals surface area contributed by atoms with E-state index in [0.717, 1.165) is 51.9 Å². The molecular formula is C14H28N4O4S. The van der Waals surface area contributed by atoms with Gasteiger partial charge in [0, 0.05) is 44.8 Å². The Hall–Kier alpha value is -0.900. The number of nitrogens with one attached hydrogen (secondary N) is 2. The molecular weight excluding hydrogens is 320 g/mol. The summed E-state index contributed by atoms with van der Waals surface area (Å²) in [6.45, 7) is 7.14. The van der Waals surface area contributed by atoms with E-state index in [9.17, 15) is 13.2 Å². The van der Waals surface area contributed by atoms with Crippen molar-refractivity contribution in [1.82, 2.24) is 19.8 Å². The van der Waals surface area contributed by atoms with E-state index < -0.39 is 10.0 Å². The number of nitrogens with zero attached hydrogens (tertiary/aromatic N) is 2. The predicted octanol–water partition coefficient (Wildman–Crippen LogP) is -0.570. The number of likely N-dealkylation sites (tertiary alicyclic amines) is 1. The molecule has 23 heavy (non-hydrogen) atoms. The van der Waals surface area contributed by atoms with Gasteiger partial charge in [-0.15, -0.1) is 0 Å². The van der Waals surface area contributed by atoms with Gasteiger partial charge in [-0.2, -0.15) is 0 Å². The molecule has 2 aliphatic rings. The Morgan fingerprint density at radius 1 is 1.30 bits per heavy atom. The Balaban J connectivity index is 1.77. The lowest BCUT2D eigenvalue weighted by molar-refractivity contribution is 0.0345. The van der Waals surface area contributed by atoms with Crippen molar-refractivity contribution in [2.75, 3.05) is 52.2 Å². The zero-order valence-electron chi connectivity index (χ0n) is 14.0. The van der Waals surface area contributed by atoms with Crippen molar-refractivity contribution in [1.29, 1.82) is 0 Å². The van der Waals surface area contributed by atoms with Gasteiger partial charge in [-0.05, 0) is 19.8 Å². The van der Waals surface area contributed by atoms with E-state index in [-0.39, 0.29) is 18.1 Å². The highest BCUT2D eigenvalue weighted by molar-refractivity contribution is 7.88. The molecule has 0 radical (unpaired) electrons. The van der Waals surface area contributed by atoms with Gasteiger partial charge in [0.15, 0.2) is 0 Å². The van der Waals surface area contributed by atoms with Crippen LogP contribution in [0.5, 0.6) is 0 Å². The number of hydrogen-bond donors (Lipinski definition) is 2. The van der Waals surface area contributed by atoms with Gasteiger partial charge in [0.05, 0.1) is 19.5 Å². The van der Waals surface area contributed by atoms with Crippen molar-refractivity contribution < 1.29 is 17.9 Å². The second kappa shape index (κ2) is 8.27. The second-order valence-corrected chi connectivity index (χ2v) is 8.22. The average molecular weight is 348 g/mol. The maximum absolute atomic E-state index is 12.4. The van der Waals surface area contributed by atoms with Crippen LogP contribution in [0.1, 0.15) is 19.8 Å². The van der Waals surface area contributed by atoms with Crippen LogP contribution in [0.3, 0.4) is 0 Å². The summed E-state index contributed by atoms with van der Waals surface area (Å²) < 4.78 is 30.6. The molecule has 0 aliphatic carbocycles. The Morgan fingerprint density at radius 3 is 2.65 bits per heavy atom. The zero-order valence-corrected chi connectivity index (χ0v) is 14.8. The third-order valence-electron chi connectivity index (χ3n) is 4.09. The summed E-state index contributed by atoms with van der Waals surface area (Å²) in [7, 11) is -3.24. The first-order valence-electron chi connectivity index (χ1n) is 8.16. The number of ether oxygens (including phenoxy) is 1. The molecule has 8 nitrogen and oxygen atoms in total. The number of hydrogen-bond acceptors (Lipinski definition) is 5. The Kier molecular flexibility index (Phi) is 6.63. The molecule has 2 aliphatic heterocycles. The van der Waals surface area contributed by atoms with Crippen LogP contribution in [0.2, 0.25) is 0 Å². The maximum atomic E-state index is 12.4. The van der Waals surface area contributed by atoms with Gasteiger partial charge < -0.3 is 15.0 Å². The van der Waals surface area contributed by atoms with Crippen LogP contribution in [0.15, 0.2) is 0 Å². The number of rotatable bonds is 5. The van der Waals surface area contributed by atoms with Gasteiger partial charge in [0.25, 0.3) is 0 Å². The van der Waals surface area contributed by atoms with E-state index in [0.29, 0.717) is 13.1 Å². The third kappa shape index (κ3) is 6.62. The molecule has 2 fully saturated rings. The zero-order chi connectivity index (χ0) is 16.9. The summed E-state index contributed by atoms with van der Waals surface area (Å²) in [4.78, 5) is 16.3. The fraction of sp³-hybridized carbons (Fsp3) is 0.929. The van der Waals surface area contributed by atoms with E-state index in [4.69, 9.17) is 4.74 Å². The SMILES string of the molecule is C[C@@H](CN1CCOCC1)NC(=O)N1CCC[C@H](NS(C)(=O)=O)C1. The molecule has 0 saturated carbocycles. The van der Waals surface area contributed by atoms with Crippen LogP contribution < -0.4 is 10.0 Å². The smallest absolute Gasteiger partial charge is 0.317 e. The first-order valence-corrected chi connectivity index (χ1v) is 10.1. The number of sulfonamides is 1. The van der Waals surface area contributed by atoms with Crippen LogP contribution in [-0.2, 0) is 14.8 Å². The van der Waals surface area contributed by atoms with Crippen LogP contribution in [0.25, 0.3) is 0 Å². The van der Waals surface area contributed by atoms with Gasteiger partial charge >= 0.3 is 6.03 Å². The fourth-order valence-electron chi connectivity index (χ4n) is 3.08. The van der Waals surface area contributed by atoms with Crippen molar-refractivity contribution in [3.05, 3.63) is 0 Å². The Morgan fingerprint density at radius 2 is 2.00 bits per heavy atom. The lowest BCUT2D eigenvalue weighted by Crippen LogP contribution is -2.54. The molecule has 0 unspecified atom stereocenters. The second-order valence-electron chi connectivity index (χ2n) is 6.44. The fourth-order valence-corrected chi connectivity index (χ4v) is 3.88. The molecule has 0 spiro atoms. The summed E-state index contributed by atoms with van der Waals surface area (Å²) in [6, 6.07) is -0.270. The van der Waals surface area contributed by atoms with Gasteiger partial charge in [0.1, 0.15) is 0 Å². The van der Waals surface area contributed by atoms with Gasteiger partial charge in [-0.3, -0.25) is 4.90 Å². The number of piperidine rings is 1. The number of carbonyl (C=O) groups excluding carboxylic acids is 1. The minimum atomic E-state index is -3.24.